The summed E-state index contributed by atoms with van der Waals surface area (Å²) in [5, 5.41) is 11.6. The van der Waals surface area contributed by atoms with Crippen LogP contribution >= 0.6 is 0 Å². The molecule has 0 unspecified atom stereocenters. The molecule has 0 N–H and O–H groups in total. The molecule has 0 amide bonds. The van der Waals surface area contributed by atoms with Crippen molar-refractivity contribution < 1.29 is 9.68 Å². The smallest absolute Gasteiger partial charge is 0.125 e. The highest BCUT2D eigenvalue weighted by Gasteiger charge is 2.25. The van der Waals surface area contributed by atoms with E-state index >= 15 is 0 Å². The lowest BCUT2D eigenvalue weighted by molar-refractivity contribution is -0.000308. The molecule has 6 nitrogen and oxygen atoms in total. The third kappa shape index (κ3) is 5.00. The molecule has 6 rings (SSSR count). The average molecular weight is 521 g/mol. The van der Waals surface area contributed by atoms with Crippen LogP contribution in [-0.4, -0.2) is 34.6 Å². The second-order valence-corrected chi connectivity index (χ2v) is 11.7. The summed E-state index contributed by atoms with van der Waals surface area (Å²) < 4.78 is 0. The van der Waals surface area contributed by atoms with Crippen molar-refractivity contribution in [2.45, 2.75) is 66.2 Å². The molecule has 2 aromatic heterocycles. The first-order chi connectivity index (χ1) is 18.9. The Bertz CT molecular complexity index is 1500. The second kappa shape index (κ2) is 10.4. The topological polar surface area (TPSA) is 69.0 Å². The normalized spacial score (nSPS) is 17.4. The lowest BCUT2D eigenvalue weighted by Crippen LogP contribution is -2.25. The van der Waals surface area contributed by atoms with Crippen molar-refractivity contribution in [2.75, 3.05) is 13.2 Å². The number of hydrogen-bond donors (Lipinski definition) is 0. The first-order valence-corrected chi connectivity index (χ1v) is 14.1. The monoisotopic (exact) mass is 520 g/mol. The Kier molecular flexibility index (Phi) is 6.79. The van der Waals surface area contributed by atoms with Gasteiger partial charge in [0.25, 0.3) is 0 Å². The fourth-order valence-corrected chi connectivity index (χ4v) is 5.81. The van der Waals surface area contributed by atoms with E-state index in [2.05, 4.69) is 74.4 Å². The third-order valence-electron chi connectivity index (χ3n) is 8.05. The highest BCUT2D eigenvalue weighted by molar-refractivity contribution is 6.04. The Balaban J connectivity index is 1.14. The summed E-state index contributed by atoms with van der Waals surface area (Å²) in [5.41, 5.74) is 10.8. The molecule has 0 bridgehead atoms. The first kappa shape index (κ1) is 25.5. The Morgan fingerprint density at radius 2 is 1.10 bits per heavy atom. The zero-order chi connectivity index (χ0) is 27.0. The van der Waals surface area contributed by atoms with Crippen molar-refractivity contribution in [2.24, 2.45) is 15.7 Å². The molecule has 0 aliphatic heterocycles. The third-order valence-corrected chi connectivity index (χ3v) is 8.05. The van der Waals surface area contributed by atoms with Crippen molar-refractivity contribution in [1.82, 2.24) is 9.97 Å². The molecule has 0 spiro atoms. The van der Waals surface area contributed by atoms with E-state index in [1.807, 2.05) is 12.1 Å². The lowest BCUT2D eigenvalue weighted by atomic mass is 9.89. The maximum absolute atomic E-state index is 5.92. The summed E-state index contributed by atoms with van der Waals surface area (Å²) >= 11 is 0. The summed E-state index contributed by atoms with van der Waals surface area (Å²) in [6.07, 6.45) is 5.94. The van der Waals surface area contributed by atoms with Crippen LogP contribution in [0.5, 0.6) is 0 Å². The molecule has 39 heavy (non-hydrogen) atoms. The van der Waals surface area contributed by atoms with Crippen LogP contribution in [0.15, 0.2) is 58.8 Å². The summed E-state index contributed by atoms with van der Waals surface area (Å²) in [7, 11) is 0. The number of rotatable bonds is 6. The SMILES string of the molecule is Cc1c2c(nc3ccccc13)/C(=N/OCC(C)(C)CO/N=C1\CCCc3c1nc1ccccc1c3C)CCC2. The van der Waals surface area contributed by atoms with E-state index in [0.717, 1.165) is 72.4 Å². The molecular weight excluding hydrogens is 484 g/mol. The Morgan fingerprint density at radius 3 is 1.56 bits per heavy atom. The minimum atomic E-state index is -0.261. The summed E-state index contributed by atoms with van der Waals surface area (Å²) in [6.45, 7) is 9.48. The van der Waals surface area contributed by atoms with Crippen LogP contribution in [0.2, 0.25) is 0 Å². The number of fused-ring (bicyclic) bond motifs is 4. The Labute approximate surface area is 230 Å². The fraction of sp³-hybridized carbons (Fsp3) is 0.394. The van der Waals surface area contributed by atoms with Crippen LogP contribution in [0.1, 0.15) is 73.2 Å². The molecule has 2 heterocycles. The Hall–Kier alpha value is -3.80. The van der Waals surface area contributed by atoms with E-state index < -0.39 is 0 Å². The summed E-state index contributed by atoms with van der Waals surface area (Å²) in [4.78, 5) is 21.8. The van der Waals surface area contributed by atoms with Gasteiger partial charge in [-0.15, -0.1) is 0 Å². The van der Waals surface area contributed by atoms with Gasteiger partial charge in [-0.2, -0.15) is 0 Å². The molecule has 0 radical (unpaired) electrons. The number of aryl methyl sites for hydroxylation is 2. The van der Waals surface area contributed by atoms with Gasteiger partial charge < -0.3 is 9.68 Å². The van der Waals surface area contributed by atoms with Crippen molar-refractivity contribution in [1.29, 1.82) is 0 Å². The molecule has 0 fully saturated rings. The average Bonchev–Trinajstić information content (AvgIpc) is 2.94. The standard InChI is InChI=1S/C33H36N4O2/c1-21-23-11-5-7-15-27(23)34-31-25(21)13-9-17-29(31)36-38-19-33(3,4)20-39-37-30-18-10-14-26-22(2)24-12-6-8-16-28(24)35-32(26)30/h5-8,11-12,15-16H,9-10,13-14,17-20H2,1-4H3/b36-29+,37-30+. The van der Waals surface area contributed by atoms with Crippen LogP contribution < -0.4 is 0 Å². The molecule has 2 aliphatic rings. The van der Waals surface area contributed by atoms with Crippen LogP contribution in [0, 0.1) is 19.3 Å². The van der Waals surface area contributed by atoms with E-state index in [1.165, 1.54) is 33.0 Å². The molecule has 0 saturated heterocycles. The number of nitrogens with zero attached hydrogens (tertiary/aromatic N) is 4. The van der Waals surface area contributed by atoms with Gasteiger partial charge in [0.15, 0.2) is 0 Å². The van der Waals surface area contributed by atoms with Gasteiger partial charge in [0, 0.05) is 16.2 Å². The van der Waals surface area contributed by atoms with Crippen LogP contribution in [0.3, 0.4) is 0 Å². The number of hydrogen-bond acceptors (Lipinski definition) is 6. The zero-order valence-electron chi connectivity index (χ0n) is 23.4. The number of para-hydroxylation sites is 2. The summed E-state index contributed by atoms with van der Waals surface area (Å²) in [6, 6.07) is 16.7. The van der Waals surface area contributed by atoms with Crippen molar-refractivity contribution in [3.8, 4) is 0 Å². The minimum Gasteiger partial charge on any atom is -0.395 e. The van der Waals surface area contributed by atoms with E-state index in [4.69, 9.17) is 19.6 Å². The van der Waals surface area contributed by atoms with Gasteiger partial charge in [0.05, 0.1) is 22.4 Å². The van der Waals surface area contributed by atoms with Gasteiger partial charge in [-0.3, -0.25) is 0 Å². The molecule has 2 aromatic carbocycles. The summed E-state index contributed by atoms with van der Waals surface area (Å²) in [5.74, 6) is 0. The number of pyridine rings is 2. The van der Waals surface area contributed by atoms with E-state index in [9.17, 15) is 0 Å². The predicted molar refractivity (Wildman–Crippen MR) is 158 cm³/mol. The van der Waals surface area contributed by atoms with Crippen LogP contribution in [-0.2, 0) is 22.5 Å². The van der Waals surface area contributed by atoms with Gasteiger partial charge in [0.1, 0.15) is 24.6 Å². The van der Waals surface area contributed by atoms with Crippen molar-refractivity contribution in [3.63, 3.8) is 0 Å². The molecule has 6 heteroatoms. The molecule has 0 saturated carbocycles. The largest absolute Gasteiger partial charge is 0.395 e. The lowest BCUT2D eigenvalue weighted by Gasteiger charge is -2.24. The van der Waals surface area contributed by atoms with Crippen molar-refractivity contribution in [3.05, 3.63) is 82.2 Å². The second-order valence-electron chi connectivity index (χ2n) is 11.7. The van der Waals surface area contributed by atoms with Gasteiger partial charge >= 0.3 is 0 Å². The number of aromatic nitrogens is 2. The maximum atomic E-state index is 5.92. The quantitative estimate of drug-likeness (QED) is 0.251. The predicted octanol–water partition coefficient (Wildman–Crippen LogP) is 7.24. The van der Waals surface area contributed by atoms with Crippen molar-refractivity contribution >= 4 is 33.2 Å². The highest BCUT2D eigenvalue weighted by atomic mass is 16.6. The molecule has 200 valence electrons. The Morgan fingerprint density at radius 1 is 0.667 bits per heavy atom. The van der Waals surface area contributed by atoms with E-state index in [1.54, 1.807) is 0 Å². The van der Waals surface area contributed by atoms with Gasteiger partial charge in [-0.25, -0.2) is 9.97 Å². The number of benzene rings is 2. The van der Waals surface area contributed by atoms with E-state index in [0.29, 0.717) is 13.2 Å². The molecule has 4 aromatic rings. The van der Waals surface area contributed by atoms with Gasteiger partial charge in [0.2, 0.25) is 0 Å². The van der Waals surface area contributed by atoms with Crippen LogP contribution in [0.4, 0.5) is 0 Å². The molecule has 2 aliphatic carbocycles. The van der Waals surface area contributed by atoms with Gasteiger partial charge in [-0.05, 0) is 86.8 Å². The fourth-order valence-electron chi connectivity index (χ4n) is 5.81. The maximum Gasteiger partial charge on any atom is 0.125 e. The zero-order valence-corrected chi connectivity index (χ0v) is 23.4. The minimum absolute atomic E-state index is 0.261. The van der Waals surface area contributed by atoms with Crippen LogP contribution in [0.25, 0.3) is 21.8 Å². The molecule has 0 atom stereocenters. The first-order valence-electron chi connectivity index (χ1n) is 14.1. The van der Waals surface area contributed by atoms with E-state index in [-0.39, 0.29) is 5.41 Å². The van der Waals surface area contributed by atoms with Gasteiger partial charge in [-0.1, -0.05) is 60.6 Å². The molecular formula is C33H36N4O2. The highest BCUT2D eigenvalue weighted by Crippen LogP contribution is 2.31. The number of oxime groups is 2.